The van der Waals surface area contributed by atoms with Crippen LogP contribution in [0, 0.1) is 10.1 Å². The van der Waals surface area contributed by atoms with Crippen LogP contribution in [0.3, 0.4) is 0 Å². The fourth-order valence-corrected chi connectivity index (χ4v) is 1.94. The van der Waals surface area contributed by atoms with E-state index in [4.69, 9.17) is 5.11 Å². The number of fused-ring (bicyclic) bond motifs is 1. The number of carbonyl (C=O) groups excluding carboxylic acids is 1. The second-order valence-corrected chi connectivity index (χ2v) is 3.94. The molecule has 0 unspecified atom stereocenters. The largest absolute Gasteiger partial charge is 0.481 e. The number of anilines is 1. The van der Waals surface area contributed by atoms with E-state index in [0.717, 1.165) is 0 Å². The van der Waals surface area contributed by atoms with Gasteiger partial charge in [-0.05, 0) is 11.6 Å². The highest BCUT2D eigenvalue weighted by Gasteiger charge is 2.28. The van der Waals surface area contributed by atoms with Crippen LogP contribution in [-0.2, 0) is 16.0 Å². The quantitative estimate of drug-likeness (QED) is 0.633. The predicted octanol–water partition coefficient (Wildman–Crippen LogP) is 0.959. The number of hydrogen-bond donors (Lipinski definition) is 1. The summed E-state index contributed by atoms with van der Waals surface area (Å²) in [5, 5.41) is 19.2. The van der Waals surface area contributed by atoms with Crippen LogP contribution in [0.5, 0.6) is 0 Å². The lowest BCUT2D eigenvalue weighted by Crippen LogP contribution is -2.29. The summed E-state index contributed by atoms with van der Waals surface area (Å²) in [5.74, 6) is -1.22. The Hall–Kier alpha value is -2.44. The number of nitro benzene ring substituents is 1. The molecule has 0 saturated carbocycles. The van der Waals surface area contributed by atoms with Crippen LogP contribution in [0.1, 0.15) is 12.0 Å². The van der Waals surface area contributed by atoms with Crippen LogP contribution in [0.15, 0.2) is 18.2 Å². The van der Waals surface area contributed by atoms with Crippen molar-refractivity contribution < 1.29 is 19.6 Å². The normalized spacial score (nSPS) is 13.6. The van der Waals surface area contributed by atoms with Crippen LogP contribution in [-0.4, -0.2) is 28.5 Å². The molecule has 1 aromatic rings. The highest BCUT2D eigenvalue weighted by Crippen LogP contribution is 2.31. The number of non-ortho nitro benzene ring substituents is 1. The van der Waals surface area contributed by atoms with E-state index in [2.05, 4.69) is 0 Å². The van der Waals surface area contributed by atoms with Crippen molar-refractivity contribution >= 4 is 23.3 Å². The Morgan fingerprint density at radius 2 is 2.22 bits per heavy atom. The molecule has 7 nitrogen and oxygen atoms in total. The van der Waals surface area contributed by atoms with E-state index >= 15 is 0 Å². The van der Waals surface area contributed by atoms with Gasteiger partial charge in [0.2, 0.25) is 5.91 Å². The van der Waals surface area contributed by atoms with Crippen molar-refractivity contribution in [3.05, 3.63) is 33.9 Å². The van der Waals surface area contributed by atoms with E-state index in [1.54, 1.807) is 0 Å². The fourth-order valence-electron chi connectivity index (χ4n) is 1.94. The molecule has 0 saturated heterocycles. The van der Waals surface area contributed by atoms with Crippen molar-refractivity contribution in [2.75, 3.05) is 11.4 Å². The smallest absolute Gasteiger partial charge is 0.305 e. The molecule has 7 heteroatoms. The molecule has 1 aromatic carbocycles. The van der Waals surface area contributed by atoms with Crippen molar-refractivity contribution in [1.82, 2.24) is 0 Å². The molecule has 0 aliphatic carbocycles. The molecule has 0 atom stereocenters. The minimum Gasteiger partial charge on any atom is -0.481 e. The van der Waals surface area contributed by atoms with Crippen molar-refractivity contribution in [3.8, 4) is 0 Å². The topological polar surface area (TPSA) is 101 Å². The summed E-state index contributed by atoms with van der Waals surface area (Å²) in [4.78, 5) is 33.6. The van der Waals surface area contributed by atoms with Gasteiger partial charge in [0.05, 0.1) is 17.8 Å². The van der Waals surface area contributed by atoms with Crippen molar-refractivity contribution in [1.29, 1.82) is 0 Å². The number of aliphatic carboxylic acids is 1. The molecule has 1 heterocycles. The molecule has 94 valence electrons. The Morgan fingerprint density at radius 3 is 2.83 bits per heavy atom. The Bertz CT molecular complexity index is 540. The number of amides is 1. The summed E-state index contributed by atoms with van der Waals surface area (Å²) in [7, 11) is 0. The first-order chi connectivity index (χ1) is 8.49. The molecule has 0 spiro atoms. The Labute approximate surface area is 102 Å². The summed E-state index contributed by atoms with van der Waals surface area (Å²) in [6, 6.07) is 4.15. The first-order valence-corrected chi connectivity index (χ1v) is 5.28. The molecule has 0 radical (unpaired) electrons. The first kappa shape index (κ1) is 12.0. The Balaban J connectivity index is 2.26. The molecule has 1 N–H and O–H groups in total. The summed E-state index contributed by atoms with van der Waals surface area (Å²) >= 11 is 0. The molecular weight excluding hydrogens is 240 g/mol. The maximum Gasteiger partial charge on any atom is 0.305 e. The third-order valence-corrected chi connectivity index (χ3v) is 2.76. The number of rotatable bonds is 4. The van der Waals surface area contributed by atoms with Crippen LogP contribution in [0.2, 0.25) is 0 Å². The molecule has 1 aliphatic heterocycles. The standard InChI is InChI=1S/C11H10N2O5/c14-10-6-7-5-8(13(17)18)1-2-9(7)12(10)4-3-11(15)16/h1-2,5H,3-4,6H2,(H,15,16). The van der Waals surface area contributed by atoms with Crippen LogP contribution < -0.4 is 4.90 Å². The number of benzene rings is 1. The zero-order valence-corrected chi connectivity index (χ0v) is 9.33. The number of carboxylic acids is 1. The van der Waals surface area contributed by atoms with E-state index in [0.29, 0.717) is 11.3 Å². The van der Waals surface area contributed by atoms with Gasteiger partial charge < -0.3 is 10.0 Å². The highest BCUT2D eigenvalue weighted by molar-refractivity contribution is 6.01. The average molecular weight is 250 g/mol. The number of carboxylic acid groups (broad SMARTS) is 1. The zero-order chi connectivity index (χ0) is 13.3. The van der Waals surface area contributed by atoms with Gasteiger partial charge in [0.15, 0.2) is 0 Å². The Morgan fingerprint density at radius 1 is 1.50 bits per heavy atom. The van der Waals surface area contributed by atoms with Crippen molar-refractivity contribution in [3.63, 3.8) is 0 Å². The van der Waals surface area contributed by atoms with E-state index in [1.807, 2.05) is 0 Å². The van der Waals surface area contributed by atoms with Gasteiger partial charge in [0.25, 0.3) is 5.69 Å². The Kier molecular flexibility index (Phi) is 2.97. The molecule has 1 aliphatic rings. The van der Waals surface area contributed by atoms with Gasteiger partial charge >= 0.3 is 5.97 Å². The molecule has 1 amide bonds. The van der Waals surface area contributed by atoms with Gasteiger partial charge in [-0.1, -0.05) is 0 Å². The lowest BCUT2D eigenvalue weighted by Gasteiger charge is -2.15. The summed E-state index contributed by atoms with van der Waals surface area (Å²) < 4.78 is 0. The van der Waals surface area contributed by atoms with Crippen LogP contribution in [0.4, 0.5) is 11.4 Å². The van der Waals surface area contributed by atoms with E-state index in [9.17, 15) is 19.7 Å². The molecular formula is C11H10N2O5. The minimum atomic E-state index is -0.988. The second kappa shape index (κ2) is 4.44. The van der Waals surface area contributed by atoms with E-state index in [-0.39, 0.29) is 31.0 Å². The number of nitrogens with zero attached hydrogens (tertiary/aromatic N) is 2. The molecule has 0 bridgehead atoms. The number of hydrogen-bond acceptors (Lipinski definition) is 4. The van der Waals surface area contributed by atoms with E-state index < -0.39 is 10.9 Å². The summed E-state index contributed by atoms with van der Waals surface area (Å²) in [6.45, 7) is 0.0823. The van der Waals surface area contributed by atoms with Crippen molar-refractivity contribution in [2.45, 2.75) is 12.8 Å². The monoisotopic (exact) mass is 250 g/mol. The zero-order valence-electron chi connectivity index (χ0n) is 9.33. The lowest BCUT2D eigenvalue weighted by atomic mass is 10.1. The van der Waals surface area contributed by atoms with Crippen LogP contribution in [0.25, 0.3) is 0 Å². The lowest BCUT2D eigenvalue weighted by molar-refractivity contribution is -0.384. The van der Waals surface area contributed by atoms with Gasteiger partial charge in [-0.2, -0.15) is 0 Å². The molecule has 0 aromatic heterocycles. The summed E-state index contributed by atoms with van der Waals surface area (Å²) in [5.41, 5.74) is 1.06. The maximum atomic E-state index is 11.7. The highest BCUT2D eigenvalue weighted by atomic mass is 16.6. The third-order valence-electron chi connectivity index (χ3n) is 2.76. The van der Waals surface area contributed by atoms with Gasteiger partial charge in [0.1, 0.15) is 0 Å². The molecule has 0 fully saturated rings. The molecule has 18 heavy (non-hydrogen) atoms. The summed E-state index contributed by atoms with van der Waals surface area (Å²) in [6.07, 6.45) is -0.0706. The third kappa shape index (κ3) is 2.15. The second-order valence-electron chi connectivity index (χ2n) is 3.94. The average Bonchev–Trinajstić information content (AvgIpc) is 2.60. The SMILES string of the molecule is O=C(O)CCN1C(=O)Cc2cc([N+](=O)[O-])ccc21. The minimum absolute atomic E-state index is 0.0679. The number of carbonyl (C=O) groups is 2. The van der Waals surface area contributed by atoms with Gasteiger partial charge in [-0.25, -0.2) is 0 Å². The molecule has 2 rings (SSSR count). The van der Waals surface area contributed by atoms with Crippen LogP contribution >= 0.6 is 0 Å². The van der Waals surface area contributed by atoms with Gasteiger partial charge in [0, 0.05) is 24.4 Å². The van der Waals surface area contributed by atoms with E-state index in [1.165, 1.54) is 23.1 Å². The van der Waals surface area contributed by atoms with Gasteiger partial charge in [-0.3, -0.25) is 19.7 Å². The maximum absolute atomic E-state index is 11.7. The van der Waals surface area contributed by atoms with Crippen molar-refractivity contribution in [2.24, 2.45) is 0 Å². The number of nitro groups is 1. The van der Waals surface area contributed by atoms with Gasteiger partial charge in [-0.15, -0.1) is 0 Å². The first-order valence-electron chi connectivity index (χ1n) is 5.28. The predicted molar refractivity (Wildman–Crippen MR) is 61.4 cm³/mol. The fraction of sp³-hybridized carbons (Fsp3) is 0.273.